The first kappa shape index (κ1) is 17.7. The molecule has 1 atom stereocenters. The number of carbonyl (C=O) groups is 1. The van der Waals surface area contributed by atoms with Gasteiger partial charge < -0.3 is 5.32 Å². The molecule has 1 aromatic heterocycles. The second kappa shape index (κ2) is 7.52. The Morgan fingerprint density at radius 1 is 1.22 bits per heavy atom. The van der Waals surface area contributed by atoms with E-state index in [0.29, 0.717) is 16.8 Å². The monoisotopic (exact) mass is 382 g/mol. The molecule has 7 heteroatoms. The Bertz CT molecular complexity index is 956. The standard InChI is InChI=1S/C20H19FN4OS/c1-13(19(26)22-16-7-5-6-15(21)12-16)27-20-23-18(14-10-11-14)25(24-20)17-8-3-2-4-9-17/h2-9,12-14H,10-11H2,1H3,(H,22,26)/t13-/m1/s1. The number of benzene rings is 2. The molecule has 1 fully saturated rings. The van der Waals surface area contributed by atoms with E-state index < -0.39 is 5.25 Å². The van der Waals surface area contributed by atoms with Crippen molar-refractivity contribution in [3.8, 4) is 5.69 Å². The molecular weight excluding hydrogens is 363 g/mol. The predicted octanol–water partition coefficient (Wildman–Crippen LogP) is 4.40. The van der Waals surface area contributed by atoms with E-state index >= 15 is 0 Å². The molecule has 0 radical (unpaired) electrons. The van der Waals surface area contributed by atoms with Gasteiger partial charge in [0.25, 0.3) is 0 Å². The zero-order valence-electron chi connectivity index (χ0n) is 14.8. The van der Waals surface area contributed by atoms with Crippen molar-refractivity contribution >= 4 is 23.4 Å². The van der Waals surface area contributed by atoms with Crippen LogP contribution in [-0.4, -0.2) is 25.9 Å². The van der Waals surface area contributed by atoms with Crippen LogP contribution in [-0.2, 0) is 4.79 Å². The van der Waals surface area contributed by atoms with Crippen LogP contribution in [0.4, 0.5) is 10.1 Å². The smallest absolute Gasteiger partial charge is 0.237 e. The predicted molar refractivity (Wildman–Crippen MR) is 104 cm³/mol. The fourth-order valence-corrected chi connectivity index (χ4v) is 3.50. The van der Waals surface area contributed by atoms with E-state index in [1.54, 1.807) is 19.1 Å². The molecule has 1 saturated carbocycles. The molecule has 4 rings (SSSR count). The molecule has 1 N–H and O–H groups in total. The normalized spacial score (nSPS) is 14.7. The third-order valence-corrected chi connectivity index (χ3v) is 5.25. The number of thioether (sulfide) groups is 1. The van der Waals surface area contributed by atoms with Gasteiger partial charge in [0.15, 0.2) is 0 Å². The van der Waals surface area contributed by atoms with Gasteiger partial charge in [-0.1, -0.05) is 36.0 Å². The zero-order valence-corrected chi connectivity index (χ0v) is 15.6. The van der Waals surface area contributed by atoms with Gasteiger partial charge >= 0.3 is 0 Å². The average molecular weight is 382 g/mol. The van der Waals surface area contributed by atoms with E-state index in [1.165, 1.54) is 23.9 Å². The van der Waals surface area contributed by atoms with E-state index in [1.807, 2.05) is 35.0 Å². The van der Waals surface area contributed by atoms with Crippen molar-refractivity contribution in [1.82, 2.24) is 14.8 Å². The van der Waals surface area contributed by atoms with Crippen LogP contribution in [0.25, 0.3) is 5.69 Å². The van der Waals surface area contributed by atoms with Gasteiger partial charge in [0.1, 0.15) is 11.6 Å². The quantitative estimate of drug-likeness (QED) is 0.642. The first-order chi connectivity index (χ1) is 13.1. The maximum Gasteiger partial charge on any atom is 0.237 e. The fourth-order valence-electron chi connectivity index (χ4n) is 2.74. The van der Waals surface area contributed by atoms with Crippen molar-refractivity contribution in [2.45, 2.75) is 36.1 Å². The Hall–Kier alpha value is -2.67. The van der Waals surface area contributed by atoms with Gasteiger partial charge in [-0.3, -0.25) is 4.79 Å². The maximum absolute atomic E-state index is 13.3. The van der Waals surface area contributed by atoms with Crippen molar-refractivity contribution in [2.75, 3.05) is 5.32 Å². The molecule has 2 aromatic carbocycles. The molecule has 1 aliphatic carbocycles. The molecule has 0 aliphatic heterocycles. The SMILES string of the molecule is C[C@@H](Sc1nc(C2CC2)n(-c2ccccc2)n1)C(=O)Nc1cccc(F)c1. The Labute approximate surface area is 161 Å². The average Bonchev–Trinajstić information content (AvgIpc) is 3.43. The Balaban J connectivity index is 1.49. The van der Waals surface area contributed by atoms with Gasteiger partial charge in [0.2, 0.25) is 11.1 Å². The van der Waals surface area contributed by atoms with Crippen LogP contribution in [0.5, 0.6) is 0 Å². The van der Waals surface area contributed by atoms with Gasteiger partial charge in [0, 0.05) is 11.6 Å². The maximum atomic E-state index is 13.3. The molecule has 138 valence electrons. The molecule has 0 spiro atoms. The number of para-hydroxylation sites is 1. The van der Waals surface area contributed by atoms with Crippen LogP contribution in [0.15, 0.2) is 59.8 Å². The summed E-state index contributed by atoms with van der Waals surface area (Å²) in [5.74, 6) is 0.782. The third kappa shape index (κ3) is 4.19. The molecule has 27 heavy (non-hydrogen) atoms. The largest absolute Gasteiger partial charge is 0.325 e. The minimum Gasteiger partial charge on any atom is -0.325 e. The number of anilines is 1. The summed E-state index contributed by atoms with van der Waals surface area (Å²) in [4.78, 5) is 17.1. The van der Waals surface area contributed by atoms with E-state index in [-0.39, 0.29) is 11.7 Å². The van der Waals surface area contributed by atoms with E-state index in [4.69, 9.17) is 0 Å². The van der Waals surface area contributed by atoms with Gasteiger partial charge in [-0.15, -0.1) is 5.10 Å². The van der Waals surface area contributed by atoms with Crippen LogP contribution in [0, 0.1) is 5.82 Å². The van der Waals surface area contributed by atoms with Crippen molar-refractivity contribution in [3.05, 3.63) is 66.2 Å². The van der Waals surface area contributed by atoms with Gasteiger partial charge in [0.05, 0.1) is 10.9 Å². The summed E-state index contributed by atoms with van der Waals surface area (Å²) in [5, 5.41) is 7.50. The van der Waals surface area contributed by atoms with Gasteiger partial charge in [-0.2, -0.15) is 0 Å². The van der Waals surface area contributed by atoms with Crippen LogP contribution in [0.3, 0.4) is 0 Å². The lowest BCUT2D eigenvalue weighted by Crippen LogP contribution is -2.22. The Morgan fingerprint density at radius 3 is 2.70 bits per heavy atom. The molecule has 0 saturated heterocycles. The Kier molecular flexibility index (Phi) is 4.94. The third-order valence-electron chi connectivity index (χ3n) is 4.30. The molecule has 1 amide bonds. The number of nitrogens with one attached hydrogen (secondary N) is 1. The summed E-state index contributed by atoms with van der Waals surface area (Å²) in [5.41, 5.74) is 1.41. The number of nitrogens with zero attached hydrogens (tertiary/aromatic N) is 3. The highest BCUT2D eigenvalue weighted by Crippen LogP contribution is 2.40. The fraction of sp³-hybridized carbons (Fsp3) is 0.250. The number of hydrogen-bond acceptors (Lipinski definition) is 4. The number of carbonyl (C=O) groups excluding carboxylic acids is 1. The lowest BCUT2D eigenvalue weighted by Gasteiger charge is -2.10. The summed E-state index contributed by atoms with van der Waals surface area (Å²) < 4.78 is 15.1. The molecular formula is C20H19FN4OS. The molecule has 0 bridgehead atoms. The summed E-state index contributed by atoms with van der Waals surface area (Å²) in [6.07, 6.45) is 2.23. The van der Waals surface area contributed by atoms with Crippen molar-refractivity contribution < 1.29 is 9.18 Å². The summed E-state index contributed by atoms with van der Waals surface area (Å²) in [7, 11) is 0. The number of halogens is 1. The lowest BCUT2D eigenvalue weighted by molar-refractivity contribution is -0.115. The van der Waals surface area contributed by atoms with E-state index in [2.05, 4.69) is 15.4 Å². The summed E-state index contributed by atoms with van der Waals surface area (Å²) >= 11 is 1.30. The summed E-state index contributed by atoms with van der Waals surface area (Å²) in [6, 6.07) is 15.7. The Morgan fingerprint density at radius 2 is 2.00 bits per heavy atom. The van der Waals surface area contributed by atoms with Gasteiger partial charge in [-0.25, -0.2) is 14.1 Å². The highest BCUT2D eigenvalue weighted by Gasteiger charge is 2.31. The molecule has 3 aromatic rings. The lowest BCUT2D eigenvalue weighted by atomic mass is 10.3. The topological polar surface area (TPSA) is 59.8 Å². The summed E-state index contributed by atoms with van der Waals surface area (Å²) in [6.45, 7) is 1.79. The number of aromatic nitrogens is 3. The van der Waals surface area contributed by atoms with E-state index in [9.17, 15) is 9.18 Å². The van der Waals surface area contributed by atoms with Crippen molar-refractivity contribution in [3.63, 3.8) is 0 Å². The van der Waals surface area contributed by atoms with Crippen LogP contribution in [0.2, 0.25) is 0 Å². The van der Waals surface area contributed by atoms with Crippen LogP contribution < -0.4 is 5.32 Å². The van der Waals surface area contributed by atoms with Crippen molar-refractivity contribution in [1.29, 1.82) is 0 Å². The second-order valence-corrected chi connectivity index (χ2v) is 7.84. The van der Waals surface area contributed by atoms with Crippen molar-refractivity contribution in [2.24, 2.45) is 0 Å². The zero-order chi connectivity index (χ0) is 18.8. The van der Waals surface area contributed by atoms with Crippen LogP contribution >= 0.6 is 11.8 Å². The minimum atomic E-state index is -0.410. The molecule has 0 unspecified atom stereocenters. The molecule has 1 heterocycles. The molecule has 1 aliphatic rings. The highest BCUT2D eigenvalue weighted by molar-refractivity contribution is 8.00. The number of hydrogen-bond donors (Lipinski definition) is 1. The second-order valence-electron chi connectivity index (χ2n) is 6.53. The number of amides is 1. The van der Waals surface area contributed by atoms with E-state index in [0.717, 1.165) is 24.4 Å². The van der Waals surface area contributed by atoms with Gasteiger partial charge in [-0.05, 0) is 50.1 Å². The number of rotatable bonds is 6. The first-order valence-electron chi connectivity index (χ1n) is 8.85. The van der Waals surface area contributed by atoms with Crippen LogP contribution in [0.1, 0.15) is 31.5 Å². The first-order valence-corrected chi connectivity index (χ1v) is 9.73. The highest BCUT2D eigenvalue weighted by atomic mass is 32.2. The molecule has 5 nitrogen and oxygen atoms in total. The minimum absolute atomic E-state index is 0.213.